The molecular formula is C17H16F3N3O2S2. The van der Waals surface area contributed by atoms with Crippen LogP contribution in [-0.2, 0) is 24.4 Å². The van der Waals surface area contributed by atoms with Crippen LogP contribution in [0.25, 0.3) is 0 Å². The molecule has 2 heterocycles. The third-order valence-corrected chi connectivity index (χ3v) is 6.15. The molecule has 10 heteroatoms. The van der Waals surface area contributed by atoms with Gasteiger partial charge in [0.1, 0.15) is 0 Å². The second kappa shape index (κ2) is 7.59. The zero-order valence-electron chi connectivity index (χ0n) is 14.5. The average molecular weight is 415 g/mol. The Morgan fingerprint density at radius 2 is 2.04 bits per heavy atom. The SMILES string of the molecule is CC1Cc2nc(SCC(=O)Nc3ccc(C(F)(F)F)cc3)n(C)c(=O)c2S1. The summed E-state index contributed by atoms with van der Waals surface area (Å²) in [5.41, 5.74) is 0.121. The molecule has 0 radical (unpaired) electrons. The van der Waals surface area contributed by atoms with E-state index in [-0.39, 0.29) is 17.0 Å². The molecule has 0 aliphatic carbocycles. The Morgan fingerprint density at radius 1 is 1.37 bits per heavy atom. The number of carbonyl (C=O) groups is 1. The van der Waals surface area contributed by atoms with E-state index in [1.54, 1.807) is 7.05 Å². The summed E-state index contributed by atoms with van der Waals surface area (Å²) in [5, 5.41) is 3.27. The first kappa shape index (κ1) is 19.8. The van der Waals surface area contributed by atoms with Crippen LogP contribution in [0, 0.1) is 0 Å². The number of nitrogens with zero attached hydrogens (tertiary/aromatic N) is 2. The topological polar surface area (TPSA) is 64.0 Å². The number of thioether (sulfide) groups is 2. The normalized spacial score (nSPS) is 16.3. The van der Waals surface area contributed by atoms with Gasteiger partial charge in [0.15, 0.2) is 5.16 Å². The fourth-order valence-corrected chi connectivity index (χ4v) is 4.50. The number of benzene rings is 1. The van der Waals surface area contributed by atoms with Gasteiger partial charge in [0.25, 0.3) is 5.56 Å². The highest BCUT2D eigenvalue weighted by molar-refractivity contribution is 8.00. The lowest BCUT2D eigenvalue weighted by molar-refractivity contribution is -0.137. The number of aromatic nitrogens is 2. The summed E-state index contributed by atoms with van der Waals surface area (Å²) in [5.74, 6) is -0.403. The van der Waals surface area contributed by atoms with Gasteiger partial charge in [-0.25, -0.2) is 4.98 Å². The van der Waals surface area contributed by atoms with E-state index in [1.165, 1.54) is 28.5 Å². The maximum atomic E-state index is 12.6. The zero-order valence-corrected chi connectivity index (χ0v) is 16.1. The zero-order chi connectivity index (χ0) is 19.8. The number of amides is 1. The van der Waals surface area contributed by atoms with Gasteiger partial charge >= 0.3 is 6.18 Å². The van der Waals surface area contributed by atoms with Crippen LogP contribution in [0.3, 0.4) is 0 Å². The smallest absolute Gasteiger partial charge is 0.325 e. The molecule has 0 saturated carbocycles. The Balaban J connectivity index is 1.64. The van der Waals surface area contributed by atoms with Gasteiger partial charge in [0.05, 0.1) is 21.9 Å². The minimum atomic E-state index is -4.42. The third kappa shape index (κ3) is 4.49. The standard InChI is InChI=1S/C17H16F3N3O2S2/c1-9-7-12-14(27-9)15(25)23(2)16(22-12)26-8-13(24)21-11-5-3-10(4-6-11)17(18,19)20/h3-6,9H,7-8H2,1-2H3,(H,21,24). The van der Waals surface area contributed by atoms with E-state index in [0.717, 1.165) is 29.6 Å². The van der Waals surface area contributed by atoms with E-state index >= 15 is 0 Å². The number of anilines is 1. The Morgan fingerprint density at radius 3 is 2.67 bits per heavy atom. The van der Waals surface area contributed by atoms with Crippen LogP contribution in [0.15, 0.2) is 39.1 Å². The summed E-state index contributed by atoms with van der Waals surface area (Å²) < 4.78 is 39.1. The average Bonchev–Trinajstić information content (AvgIpc) is 2.97. The molecule has 1 aromatic carbocycles. The number of fused-ring (bicyclic) bond motifs is 1. The lowest BCUT2D eigenvalue weighted by atomic mass is 10.2. The molecule has 2 aromatic rings. The molecule has 0 spiro atoms. The molecule has 5 nitrogen and oxygen atoms in total. The van der Waals surface area contributed by atoms with Crippen molar-refractivity contribution in [1.29, 1.82) is 0 Å². The molecule has 0 fully saturated rings. The van der Waals surface area contributed by atoms with E-state index in [2.05, 4.69) is 10.3 Å². The van der Waals surface area contributed by atoms with Gasteiger partial charge in [-0.2, -0.15) is 13.2 Å². The summed E-state index contributed by atoms with van der Waals surface area (Å²) in [6, 6.07) is 4.22. The first-order valence-corrected chi connectivity index (χ1v) is 9.88. The van der Waals surface area contributed by atoms with Crippen LogP contribution in [0.1, 0.15) is 18.2 Å². The van der Waals surface area contributed by atoms with Crippen LogP contribution in [-0.4, -0.2) is 26.5 Å². The van der Waals surface area contributed by atoms with Crippen molar-refractivity contribution in [2.75, 3.05) is 11.1 Å². The number of hydrogen-bond acceptors (Lipinski definition) is 5. The molecule has 1 amide bonds. The molecule has 1 aliphatic rings. The Kier molecular flexibility index (Phi) is 5.57. The van der Waals surface area contributed by atoms with E-state index in [0.29, 0.717) is 21.7 Å². The molecule has 3 rings (SSSR count). The second-order valence-corrected chi connectivity index (χ2v) is 8.47. The summed E-state index contributed by atoms with van der Waals surface area (Å²) in [6.45, 7) is 2.02. The summed E-state index contributed by atoms with van der Waals surface area (Å²) in [4.78, 5) is 29.6. The number of hydrogen-bond donors (Lipinski definition) is 1. The number of alkyl halides is 3. The van der Waals surface area contributed by atoms with Gasteiger partial charge in [-0.15, -0.1) is 11.8 Å². The van der Waals surface area contributed by atoms with Crippen LogP contribution in [0.5, 0.6) is 0 Å². The fourth-order valence-electron chi connectivity index (χ4n) is 2.57. The quantitative estimate of drug-likeness (QED) is 0.611. The second-order valence-electron chi connectivity index (χ2n) is 6.08. The maximum Gasteiger partial charge on any atom is 0.416 e. The van der Waals surface area contributed by atoms with Gasteiger partial charge in [-0.1, -0.05) is 18.7 Å². The molecular weight excluding hydrogens is 399 g/mol. The molecule has 0 saturated heterocycles. The van der Waals surface area contributed by atoms with Crippen LogP contribution in [0.4, 0.5) is 18.9 Å². The molecule has 27 heavy (non-hydrogen) atoms. The fraction of sp³-hybridized carbons (Fsp3) is 0.353. The van der Waals surface area contributed by atoms with Gasteiger partial charge in [-0.05, 0) is 24.3 Å². The molecule has 1 aromatic heterocycles. The lowest BCUT2D eigenvalue weighted by Crippen LogP contribution is -2.23. The number of rotatable bonds is 4. The van der Waals surface area contributed by atoms with E-state index < -0.39 is 17.6 Å². The minimum Gasteiger partial charge on any atom is -0.325 e. The number of nitrogens with one attached hydrogen (secondary N) is 1. The molecule has 0 bridgehead atoms. The monoisotopic (exact) mass is 415 g/mol. The highest BCUT2D eigenvalue weighted by Gasteiger charge is 2.30. The van der Waals surface area contributed by atoms with Crippen molar-refractivity contribution in [3.63, 3.8) is 0 Å². The largest absolute Gasteiger partial charge is 0.416 e. The third-order valence-electron chi connectivity index (χ3n) is 3.91. The molecule has 144 valence electrons. The van der Waals surface area contributed by atoms with E-state index in [9.17, 15) is 22.8 Å². The van der Waals surface area contributed by atoms with Gasteiger partial charge < -0.3 is 5.32 Å². The molecule has 1 aliphatic heterocycles. The van der Waals surface area contributed by atoms with Crippen LogP contribution in [0.2, 0.25) is 0 Å². The van der Waals surface area contributed by atoms with Crippen molar-refractivity contribution in [2.45, 2.75) is 34.8 Å². The minimum absolute atomic E-state index is 0.0111. The van der Waals surface area contributed by atoms with Crippen molar-refractivity contribution in [2.24, 2.45) is 7.05 Å². The summed E-state index contributed by atoms with van der Waals surface area (Å²) in [7, 11) is 1.61. The number of carbonyl (C=O) groups excluding carboxylic acids is 1. The van der Waals surface area contributed by atoms with Gasteiger partial charge in [0.2, 0.25) is 5.91 Å². The van der Waals surface area contributed by atoms with Gasteiger partial charge in [-0.3, -0.25) is 14.2 Å². The van der Waals surface area contributed by atoms with Crippen molar-refractivity contribution >= 4 is 35.1 Å². The lowest BCUT2D eigenvalue weighted by Gasteiger charge is -2.10. The predicted molar refractivity (Wildman–Crippen MR) is 99.3 cm³/mol. The molecule has 1 unspecified atom stereocenters. The van der Waals surface area contributed by atoms with Gasteiger partial charge in [0, 0.05) is 24.4 Å². The summed E-state index contributed by atoms with van der Waals surface area (Å²) in [6.07, 6.45) is -3.71. The van der Waals surface area contributed by atoms with E-state index in [4.69, 9.17) is 0 Å². The molecule has 1 N–H and O–H groups in total. The first-order valence-electron chi connectivity index (χ1n) is 8.01. The van der Waals surface area contributed by atoms with Crippen LogP contribution >= 0.6 is 23.5 Å². The Hall–Kier alpha value is -1.94. The highest BCUT2D eigenvalue weighted by Crippen LogP contribution is 2.34. The van der Waals surface area contributed by atoms with Crippen LogP contribution < -0.4 is 10.9 Å². The van der Waals surface area contributed by atoms with Crippen molar-refractivity contribution in [3.8, 4) is 0 Å². The maximum absolute atomic E-state index is 12.6. The Bertz CT molecular complexity index is 927. The van der Waals surface area contributed by atoms with Crippen molar-refractivity contribution in [1.82, 2.24) is 9.55 Å². The number of halogens is 3. The first-order chi connectivity index (χ1) is 12.6. The molecule has 1 atom stereocenters. The highest BCUT2D eigenvalue weighted by atomic mass is 32.2. The van der Waals surface area contributed by atoms with Crippen molar-refractivity contribution < 1.29 is 18.0 Å². The predicted octanol–water partition coefficient (Wildman–Crippen LogP) is 3.57. The summed E-state index contributed by atoms with van der Waals surface area (Å²) >= 11 is 2.62. The van der Waals surface area contributed by atoms with Crippen molar-refractivity contribution in [3.05, 3.63) is 45.9 Å². The Labute approximate surface area is 161 Å². The van der Waals surface area contributed by atoms with E-state index in [1.807, 2.05) is 6.92 Å².